The molecule has 0 aromatic heterocycles. The molecule has 1 N–H and O–H groups in total. The van der Waals surface area contributed by atoms with Crippen molar-refractivity contribution in [2.75, 3.05) is 6.61 Å². The molecule has 150 valence electrons. The molecule has 28 heavy (non-hydrogen) atoms. The Kier molecular flexibility index (Phi) is 7.80. The second-order valence-corrected chi connectivity index (χ2v) is 7.70. The molecule has 2 aromatic rings. The minimum Gasteiger partial charge on any atom is -0.484 e. The molecular formula is C24H31NO3. The second kappa shape index (κ2) is 10.1. The lowest BCUT2D eigenvalue weighted by Gasteiger charge is -2.23. The molecule has 4 nitrogen and oxygen atoms in total. The van der Waals surface area contributed by atoms with Gasteiger partial charge < -0.3 is 10.1 Å². The summed E-state index contributed by atoms with van der Waals surface area (Å²) in [6, 6.07) is 15.3. The Hall–Kier alpha value is -2.62. The maximum atomic E-state index is 12.4. The first-order valence-electron chi connectivity index (χ1n) is 9.97. The molecule has 0 saturated heterocycles. The molecule has 0 fully saturated rings. The van der Waals surface area contributed by atoms with Crippen LogP contribution in [-0.4, -0.2) is 18.3 Å². The first-order chi connectivity index (χ1) is 13.3. The number of amides is 1. The maximum absolute atomic E-state index is 12.4. The Balaban J connectivity index is 1.96. The maximum Gasteiger partial charge on any atom is 0.258 e. The van der Waals surface area contributed by atoms with Crippen LogP contribution in [0.15, 0.2) is 48.5 Å². The third-order valence-corrected chi connectivity index (χ3v) is 4.81. The number of nitrogens with one attached hydrogen (secondary N) is 1. The number of hydrogen-bond donors (Lipinski definition) is 1. The largest absolute Gasteiger partial charge is 0.484 e. The fourth-order valence-electron chi connectivity index (χ4n) is 3.03. The molecule has 4 heteroatoms. The quantitative estimate of drug-likeness (QED) is 0.600. The number of rotatable bonds is 9. The van der Waals surface area contributed by atoms with Gasteiger partial charge in [-0.05, 0) is 47.2 Å². The number of ketones is 1. The van der Waals surface area contributed by atoms with E-state index < -0.39 is 0 Å². The third-order valence-electron chi connectivity index (χ3n) is 4.81. The fourth-order valence-corrected chi connectivity index (χ4v) is 3.03. The van der Waals surface area contributed by atoms with E-state index in [0.717, 1.165) is 5.56 Å². The number of benzene rings is 2. The summed E-state index contributed by atoms with van der Waals surface area (Å²) in [5, 5.41) is 3.07. The van der Waals surface area contributed by atoms with Crippen LogP contribution in [0.5, 0.6) is 5.75 Å². The summed E-state index contributed by atoms with van der Waals surface area (Å²) >= 11 is 0. The van der Waals surface area contributed by atoms with Crippen molar-refractivity contribution in [1.29, 1.82) is 0 Å². The lowest BCUT2D eigenvalue weighted by Crippen LogP contribution is -2.35. The van der Waals surface area contributed by atoms with Crippen molar-refractivity contribution < 1.29 is 14.3 Å². The third kappa shape index (κ3) is 5.95. The standard InChI is InChI=1S/C24H31NO3/c1-6-22(26)19-11-13-21(14-12-19)28-15-23(27)25-24(17(4)5)20-9-7-18(8-10-20)16(2)3/h7-14,16-17,24H,6,15H2,1-5H3,(H,25,27)/t24-/m1/s1. The lowest BCUT2D eigenvalue weighted by atomic mass is 9.93. The van der Waals surface area contributed by atoms with Crippen molar-refractivity contribution in [2.45, 2.75) is 53.0 Å². The summed E-state index contributed by atoms with van der Waals surface area (Å²) in [5.74, 6) is 1.24. The molecule has 0 bridgehead atoms. The van der Waals surface area contributed by atoms with Crippen molar-refractivity contribution >= 4 is 11.7 Å². The van der Waals surface area contributed by atoms with Crippen LogP contribution in [0.4, 0.5) is 0 Å². The highest BCUT2D eigenvalue weighted by molar-refractivity contribution is 5.95. The van der Waals surface area contributed by atoms with Gasteiger partial charge >= 0.3 is 0 Å². The molecule has 0 saturated carbocycles. The van der Waals surface area contributed by atoms with E-state index in [9.17, 15) is 9.59 Å². The summed E-state index contributed by atoms with van der Waals surface area (Å²) in [6.07, 6.45) is 0.470. The van der Waals surface area contributed by atoms with E-state index in [1.807, 2.05) is 6.92 Å². The minimum atomic E-state index is -0.166. The van der Waals surface area contributed by atoms with Crippen LogP contribution in [0.3, 0.4) is 0 Å². The van der Waals surface area contributed by atoms with Crippen molar-refractivity contribution in [2.24, 2.45) is 5.92 Å². The van der Waals surface area contributed by atoms with Gasteiger partial charge in [-0.1, -0.05) is 58.9 Å². The number of ether oxygens (including phenoxy) is 1. The van der Waals surface area contributed by atoms with Crippen LogP contribution >= 0.6 is 0 Å². The Morgan fingerprint density at radius 2 is 1.46 bits per heavy atom. The predicted octanol–water partition coefficient (Wildman–Crippen LogP) is 5.30. The lowest BCUT2D eigenvalue weighted by molar-refractivity contribution is -0.124. The zero-order chi connectivity index (χ0) is 20.7. The second-order valence-electron chi connectivity index (χ2n) is 7.70. The topological polar surface area (TPSA) is 55.4 Å². The SMILES string of the molecule is CCC(=O)c1ccc(OCC(=O)N[C@@H](c2ccc(C(C)C)cc2)C(C)C)cc1. The van der Waals surface area contributed by atoms with Crippen molar-refractivity contribution in [3.05, 3.63) is 65.2 Å². The van der Waals surface area contributed by atoms with E-state index in [0.29, 0.717) is 23.7 Å². The summed E-state index contributed by atoms with van der Waals surface area (Å²) in [5.41, 5.74) is 3.03. The molecule has 0 heterocycles. The highest BCUT2D eigenvalue weighted by atomic mass is 16.5. The van der Waals surface area contributed by atoms with Gasteiger partial charge in [-0.25, -0.2) is 0 Å². The van der Waals surface area contributed by atoms with Gasteiger partial charge in [-0.15, -0.1) is 0 Å². The van der Waals surface area contributed by atoms with Crippen LogP contribution in [0.25, 0.3) is 0 Å². The zero-order valence-electron chi connectivity index (χ0n) is 17.5. The van der Waals surface area contributed by atoms with Crippen molar-refractivity contribution in [3.8, 4) is 5.75 Å². The van der Waals surface area contributed by atoms with Gasteiger partial charge in [0.25, 0.3) is 5.91 Å². The first-order valence-corrected chi connectivity index (χ1v) is 9.97. The molecular weight excluding hydrogens is 350 g/mol. The molecule has 1 atom stereocenters. The van der Waals surface area contributed by atoms with Gasteiger partial charge in [0.1, 0.15) is 5.75 Å². The Labute approximate surface area is 168 Å². The molecule has 0 aliphatic carbocycles. The summed E-state index contributed by atoms with van der Waals surface area (Å²) < 4.78 is 5.58. The molecule has 0 spiro atoms. The van der Waals surface area contributed by atoms with Crippen LogP contribution in [-0.2, 0) is 4.79 Å². The van der Waals surface area contributed by atoms with E-state index in [-0.39, 0.29) is 30.3 Å². The highest BCUT2D eigenvalue weighted by Gasteiger charge is 2.19. The van der Waals surface area contributed by atoms with Gasteiger partial charge in [-0.3, -0.25) is 9.59 Å². The number of carbonyl (C=O) groups excluding carboxylic acids is 2. The van der Waals surface area contributed by atoms with Gasteiger partial charge in [-0.2, -0.15) is 0 Å². The Morgan fingerprint density at radius 1 is 0.893 bits per heavy atom. The van der Waals surface area contributed by atoms with Crippen LogP contribution in [0, 0.1) is 5.92 Å². The molecule has 0 aliphatic heterocycles. The minimum absolute atomic E-state index is 0.0611. The van der Waals surface area contributed by atoms with Gasteiger partial charge in [0, 0.05) is 12.0 Å². The average Bonchev–Trinajstić information content (AvgIpc) is 2.70. The van der Waals surface area contributed by atoms with E-state index >= 15 is 0 Å². The molecule has 1 amide bonds. The van der Waals surface area contributed by atoms with E-state index in [1.165, 1.54) is 5.56 Å². The Morgan fingerprint density at radius 3 is 1.96 bits per heavy atom. The normalized spacial score (nSPS) is 12.1. The molecule has 2 rings (SSSR count). The number of Topliss-reactive ketones (excluding diaryl/α,β-unsaturated/α-hetero) is 1. The van der Waals surface area contributed by atoms with E-state index in [1.54, 1.807) is 24.3 Å². The first kappa shape index (κ1) is 21.7. The number of hydrogen-bond acceptors (Lipinski definition) is 3. The summed E-state index contributed by atoms with van der Waals surface area (Å²) in [4.78, 5) is 24.1. The van der Waals surface area contributed by atoms with Crippen molar-refractivity contribution in [3.63, 3.8) is 0 Å². The Bertz CT molecular complexity index is 777. The monoisotopic (exact) mass is 381 g/mol. The molecule has 0 aliphatic rings. The molecule has 0 radical (unpaired) electrons. The van der Waals surface area contributed by atoms with Gasteiger partial charge in [0.15, 0.2) is 12.4 Å². The summed E-state index contributed by atoms with van der Waals surface area (Å²) in [6.45, 7) is 10.3. The average molecular weight is 382 g/mol. The van der Waals surface area contributed by atoms with Crippen molar-refractivity contribution in [1.82, 2.24) is 5.32 Å². The highest BCUT2D eigenvalue weighted by Crippen LogP contribution is 2.24. The molecule has 2 aromatic carbocycles. The summed E-state index contributed by atoms with van der Waals surface area (Å²) in [7, 11) is 0. The fraction of sp³-hybridized carbons (Fsp3) is 0.417. The molecule has 0 unspecified atom stereocenters. The predicted molar refractivity (Wildman–Crippen MR) is 113 cm³/mol. The van der Waals surface area contributed by atoms with Gasteiger partial charge in [0.05, 0.1) is 6.04 Å². The van der Waals surface area contributed by atoms with Gasteiger partial charge in [0.2, 0.25) is 0 Å². The van der Waals surface area contributed by atoms with E-state index in [4.69, 9.17) is 4.74 Å². The van der Waals surface area contributed by atoms with Crippen LogP contribution < -0.4 is 10.1 Å². The zero-order valence-corrected chi connectivity index (χ0v) is 17.5. The van der Waals surface area contributed by atoms with Crippen LogP contribution in [0.2, 0.25) is 0 Å². The smallest absolute Gasteiger partial charge is 0.258 e. The van der Waals surface area contributed by atoms with Crippen LogP contribution in [0.1, 0.15) is 74.5 Å². The van der Waals surface area contributed by atoms with E-state index in [2.05, 4.69) is 57.3 Å². The number of carbonyl (C=O) groups is 2.